The zero-order valence-corrected chi connectivity index (χ0v) is 9.71. The first-order valence-electron chi connectivity index (χ1n) is 4.23. The third-order valence-corrected chi connectivity index (χ3v) is 3.00. The van der Waals surface area contributed by atoms with Crippen molar-refractivity contribution >= 4 is 28.3 Å². The van der Waals surface area contributed by atoms with E-state index in [9.17, 15) is 4.39 Å². The molecule has 0 bridgehead atoms. The molecule has 0 aromatic heterocycles. The van der Waals surface area contributed by atoms with Gasteiger partial charge < -0.3 is 5.32 Å². The third kappa shape index (κ3) is 3.27. The second kappa shape index (κ2) is 5.32. The Morgan fingerprint density at radius 2 is 2.00 bits per heavy atom. The highest BCUT2D eigenvalue weighted by atomic mass is 32.2. The number of halogens is 1. The lowest BCUT2D eigenvalue weighted by molar-refractivity contribution is 0.624. The molecule has 14 heavy (non-hydrogen) atoms. The maximum atomic E-state index is 12.6. The first-order valence-corrected chi connectivity index (χ1v) is 5.86. The van der Waals surface area contributed by atoms with Crippen LogP contribution in [-0.2, 0) is 0 Å². The molecule has 0 saturated carbocycles. The van der Waals surface area contributed by atoms with Crippen LogP contribution in [-0.4, -0.2) is 10.6 Å². The third-order valence-electron chi connectivity index (χ3n) is 1.89. The van der Waals surface area contributed by atoms with E-state index in [4.69, 9.17) is 12.2 Å². The van der Waals surface area contributed by atoms with Crippen LogP contribution in [0.3, 0.4) is 0 Å². The van der Waals surface area contributed by atoms with Gasteiger partial charge in [-0.2, -0.15) is 0 Å². The van der Waals surface area contributed by atoms with E-state index in [1.165, 1.54) is 23.9 Å². The Morgan fingerprint density at radius 1 is 1.43 bits per heavy atom. The summed E-state index contributed by atoms with van der Waals surface area (Å²) in [6.07, 6.45) is 1.92. The minimum absolute atomic E-state index is 0.121. The summed E-state index contributed by atoms with van der Waals surface area (Å²) in [6, 6.07) is 6.55. The van der Waals surface area contributed by atoms with Gasteiger partial charge in [-0.05, 0) is 30.9 Å². The summed E-state index contributed by atoms with van der Waals surface area (Å²) in [5, 5.41) is 3.14. The van der Waals surface area contributed by atoms with Gasteiger partial charge in [-0.1, -0.05) is 24.4 Å². The molecule has 0 radical (unpaired) electrons. The van der Waals surface area contributed by atoms with E-state index in [1.54, 1.807) is 12.1 Å². The molecule has 0 aliphatic rings. The quantitative estimate of drug-likeness (QED) is 0.783. The molecule has 76 valence electrons. The summed E-state index contributed by atoms with van der Waals surface area (Å²) in [4.78, 5) is 0. The normalized spacial score (nSPS) is 12.2. The van der Waals surface area contributed by atoms with Crippen LogP contribution in [0.15, 0.2) is 24.3 Å². The van der Waals surface area contributed by atoms with Crippen LogP contribution >= 0.6 is 24.0 Å². The number of thiocarbonyl (C=S) groups is 1. The molecule has 1 atom stereocenters. The smallest absolute Gasteiger partial charge is 0.133 e. The molecule has 0 fully saturated rings. The van der Waals surface area contributed by atoms with Crippen LogP contribution in [0.2, 0.25) is 0 Å². The minimum atomic E-state index is -0.214. The molecule has 0 aliphatic carbocycles. The van der Waals surface area contributed by atoms with Gasteiger partial charge in [0.15, 0.2) is 0 Å². The van der Waals surface area contributed by atoms with Crippen LogP contribution in [0.25, 0.3) is 0 Å². The van der Waals surface area contributed by atoms with Crippen LogP contribution < -0.4 is 5.32 Å². The highest BCUT2D eigenvalue weighted by Crippen LogP contribution is 2.14. The van der Waals surface area contributed by atoms with E-state index < -0.39 is 0 Å². The van der Waals surface area contributed by atoms with Crippen molar-refractivity contribution in [2.24, 2.45) is 0 Å². The molecule has 4 heteroatoms. The molecular formula is C10H12FNS2. The monoisotopic (exact) mass is 229 g/mol. The van der Waals surface area contributed by atoms with Crippen LogP contribution in [0.5, 0.6) is 0 Å². The lowest BCUT2D eigenvalue weighted by Crippen LogP contribution is -2.21. The van der Waals surface area contributed by atoms with Gasteiger partial charge in [-0.25, -0.2) is 4.39 Å². The highest BCUT2D eigenvalue weighted by molar-refractivity contribution is 8.22. The number of nitrogens with one attached hydrogen (secondary N) is 1. The van der Waals surface area contributed by atoms with Crippen LogP contribution in [0.1, 0.15) is 18.5 Å². The van der Waals surface area contributed by atoms with E-state index >= 15 is 0 Å². The van der Waals surface area contributed by atoms with Crippen LogP contribution in [0.4, 0.5) is 4.39 Å². The maximum Gasteiger partial charge on any atom is 0.133 e. The lowest BCUT2D eigenvalue weighted by Gasteiger charge is -2.14. The average molecular weight is 229 g/mol. The number of rotatable bonds is 2. The molecule has 0 spiro atoms. The maximum absolute atomic E-state index is 12.6. The Kier molecular flexibility index (Phi) is 4.35. The first-order chi connectivity index (χ1) is 6.63. The Hall–Kier alpha value is -0.610. The van der Waals surface area contributed by atoms with E-state index in [2.05, 4.69) is 5.32 Å². The van der Waals surface area contributed by atoms with Crippen molar-refractivity contribution in [3.8, 4) is 0 Å². The number of hydrogen-bond acceptors (Lipinski definition) is 2. The fourth-order valence-electron chi connectivity index (χ4n) is 1.07. The molecule has 0 amide bonds. The van der Waals surface area contributed by atoms with E-state index in [0.717, 1.165) is 9.88 Å². The Balaban J connectivity index is 2.65. The van der Waals surface area contributed by atoms with Crippen molar-refractivity contribution in [3.63, 3.8) is 0 Å². The number of benzene rings is 1. The van der Waals surface area contributed by atoms with Crippen molar-refractivity contribution in [3.05, 3.63) is 35.6 Å². The van der Waals surface area contributed by atoms with Gasteiger partial charge in [-0.3, -0.25) is 0 Å². The second-order valence-electron chi connectivity index (χ2n) is 2.91. The molecular weight excluding hydrogens is 217 g/mol. The molecule has 0 heterocycles. The zero-order valence-electron chi connectivity index (χ0n) is 8.08. The van der Waals surface area contributed by atoms with Crippen molar-refractivity contribution in [2.45, 2.75) is 13.0 Å². The van der Waals surface area contributed by atoms with Gasteiger partial charge in [0.1, 0.15) is 10.1 Å². The summed E-state index contributed by atoms with van der Waals surface area (Å²) in [6.45, 7) is 2.00. The molecule has 0 saturated heterocycles. The van der Waals surface area contributed by atoms with Crippen molar-refractivity contribution in [1.29, 1.82) is 0 Å². The van der Waals surface area contributed by atoms with E-state index in [0.29, 0.717) is 0 Å². The van der Waals surface area contributed by atoms with Crippen molar-refractivity contribution in [2.75, 3.05) is 6.26 Å². The predicted molar refractivity (Wildman–Crippen MR) is 64.1 cm³/mol. The SMILES string of the molecule is CSC(=S)NC(C)c1ccc(F)cc1. The molecule has 1 rings (SSSR count). The fourth-order valence-corrected chi connectivity index (χ4v) is 1.54. The van der Waals surface area contributed by atoms with Gasteiger partial charge in [0.05, 0.1) is 0 Å². The van der Waals surface area contributed by atoms with E-state index in [1.807, 2.05) is 13.2 Å². The summed E-state index contributed by atoms with van der Waals surface area (Å²) in [7, 11) is 0. The molecule has 0 aliphatic heterocycles. The fraction of sp³-hybridized carbons (Fsp3) is 0.300. The Labute approximate surface area is 93.1 Å². The van der Waals surface area contributed by atoms with Crippen molar-refractivity contribution < 1.29 is 4.39 Å². The summed E-state index contributed by atoms with van der Waals surface area (Å²) in [5.74, 6) is -0.214. The van der Waals surface area contributed by atoms with Gasteiger partial charge in [0.2, 0.25) is 0 Å². The number of hydrogen-bond donors (Lipinski definition) is 1. The van der Waals surface area contributed by atoms with Crippen molar-refractivity contribution in [1.82, 2.24) is 5.32 Å². The van der Waals surface area contributed by atoms with Crippen LogP contribution in [0, 0.1) is 5.82 Å². The molecule has 1 aromatic carbocycles. The Morgan fingerprint density at radius 3 is 2.50 bits per heavy atom. The predicted octanol–water partition coefficient (Wildman–Crippen LogP) is 3.12. The molecule has 1 aromatic rings. The number of thioether (sulfide) groups is 1. The average Bonchev–Trinajstić information content (AvgIpc) is 2.18. The summed E-state index contributed by atoms with van der Waals surface area (Å²) >= 11 is 6.53. The largest absolute Gasteiger partial charge is 0.364 e. The zero-order chi connectivity index (χ0) is 10.6. The van der Waals surface area contributed by atoms with Gasteiger partial charge in [0, 0.05) is 6.04 Å². The summed E-state index contributed by atoms with van der Waals surface area (Å²) in [5.41, 5.74) is 1.03. The van der Waals surface area contributed by atoms with Gasteiger partial charge in [-0.15, -0.1) is 11.8 Å². The second-order valence-corrected chi connectivity index (χ2v) is 4.39. The van der Waals surface area contributed by atoms with E-state index in [-0.39, 0.29) is 11.9 Å². The summed E-state index contributed by atoms with van der Waals surface area (Å²) < 4.78 is 13.4. The van der Waals surface area contributed by atoms with Gasteiger partial charge in [0.25, 0.3) is 0 Å². The van der Waals surface area contributed by atoms with Gasteiger partial charge >= 0.3 is 0 Å². The molecule has 1 N–H and O–H groups in total. The Bertz CT molecular complexity index is 310. The topological polar surface area (TPSA) is 12.0 Å². The molecule has 1 unspecified atom stereocenters. The highest BCUT2D eigenvalue weighted by Gasteiger charge is 2.05. The molecule has 1 nitrogen and oxygen atoms in total. The minimum Gasteiger partial charge on any atom is -0.364 e. The lowest BCUT2D eigenvalue weighted by atomic mass is 10.1. The standard InChI is InChI=1S/C10H12FNS2/c1-7(12-10(13)14-2)8-3-5-9(11)6-4-8/h3-7H,1-2H3,(H,12,13). The first kappa shape index (κ1) is 11.5.